The highest BCUT2D eigenvalue weighted by atomic mass is 79.9. The zero-order valence-corrected chi connectivity index (χ0v) is 22.6. The Bertz CT molecular complexity index is 910. The fraction of sp³-hybridized carbons (Fsp3) is 0.480. The largest absolute Gasteiger partial charge is 0.543 e. The summed E-state index contributed by atoms with van der Waals surface area (Å²) in [6.45, 7) is 17.1. The van der Waals surface area contributed by atoms with Crippen molar-refractivity contribution in [2.45, 2.75) is 78.3 Å². The average molecular weight is 508 g/mol. The molecule has 0 heterocycles. The third-order valence-electron chi connectivity index (χ3n) is 5.23. The van der Waals surface area contributed by atoms with Gasteiger partial charge in [-0.25, -0.2) is 0 Å². The van der Waals surface area contributed by atoms with Crippen molar-refractivity contribution in [2.75, 3.05) is 0 Å². The second kappa shape index (κ2) is 9.78. The number of carbonyl (C=O) groups excluding carboxylic acids is 1. The third-order valence-corrected chi connectivity index (χ3v) is 10.0. The minimum atomic E-state index is -1.94. The molecule has 0 spiro atoms. The van der Waals surface area contributed by atoms with E-state index in [0.717, 1.165) is 21.3 Å². The van der Waals surface area contributed by atoms with Crippen molar-refractivity contribution < 1.29 is 18.7 Å². The fourth-order valence-electron chi connectivity index (χ4n) is 2.70. The van der Waals surface area contributed by atoms with E-state index in [1.807, 2.05) is 63.2 Å². The number of carbonyl (C=O) groups is 1. The molecule has 0 saturated carbocycles. The Kier molecular flexibility index (Phi) is 8.03. The molecule has 0 amide bonds. The standard InChI is InChI=1S/C25H35BrO4Si/c1-24(2,3)29-23(27)15-19-11-9-10-12-22(19)28-17-18-13-20(26)16-21(14-18)30-31(7,8)25(4,5)6/h9-14,16H,15,17H2,1-8H3. The van der Waals surface area contributed by atoms with Crippen molar-refractivity contribution in [1.82, 2.24) is 0 Å². The van der Waals surface area contributed by atoms with Gasteiger partial charge in [-0.3, -0.25) is 4.79 Å². The Morgan fingerprint density at radius 2 is 1.65 bits per heavy atom. The first kappa shape index (κ1) is 25.5. The molecule has 0 radical (unpaired) electrons. The highest BCUT2D eigenvalue weighted by Gasteiger charge is 2.39. The van der Waals surface area contributed by atoms with Gasteiger partial charge in [-0.1, -0.05) is 54.9 Å². The normalized spacial score (nSPS) is 12.4. The van der Waals surface area contributed by atoms with Gasteiger partial charge in [0.15, 0.2) is 0 Å². The van der Waals surface area contributed by atoms with Crippen LogP contribution in [0, 0.1) is 0 Å². The van der Waals surface area contributed by atoms with Gasteiger partial charge in [0, 0.05) is 10.0 Å². The van der Waals surface area contributed by atoms with Gasteiger partial charge >= 0.3 is 5.97 Å². The van der Waals surface area contributed by atoms with E-state index in [-0.39, 0.29) is 17.4 Å². The van der Waals surface area contributed by atoms with E-state index in [9.17, 15) is 4.79 Å². The summed E-state index contributed by atoms with van der Waals surface area (Å²) in [6, 6.07) is 13.6. The number of para-hydroxylation sites is 1. The predicted octanol–water partition coefficient (Wildman–Crippen LogP) is 7.30. The summed E-state index contributed by atoms with van der Waals surface area (Å²) in [5, 5.41) is 0.118. The topological polar surface area (TPSA) is 44.8 Å². The maximum atomic E-state index is 12.3. The first-order chi connectivity index (χ1) is 14.2. The molecule has 0 fully saturated rings. The van der Waals surface area contributed by atoms with Gasteiger partial charge < -0.3 is 13.9 Å². The molecule has 6 heteroatoms. The van der Waals surface area contributed by atoms with Gasteiger partial charge in [0.1, 0.15) is 23.7 Å². The summed E-state index contributed by atoms with van der Waals surface area (Å²) in [5.74, 6) is 1.26. The minimum Gasteiger partial charge on any atom is -0.543 e. The van der Waals surface area contributed by atoms with Crippen molar-refractivity contribution in [1.29, 1.82) is 0 Å². The molecule has 0 saturated heterocycles. The second-order valence-electron chi connectivity index (χ2n) is 10.3. The van der Waals surface area contributed by atoms with Crippen molar-refractivity contribution in [3.05, 3.63) is 58.1 Å². The third kappa shape index (κ3) is 8.00. The highest BCUT2D eigenvalue weighted by molar-refractivity contribution is 9.10. The SMILES string of the molecule is CC(C)(C)OC(=O)Cc1ccccc1OCc1cc(Br)cc(O[Si](C)(C)C(C)(C)C)c1. The molecule has 4 nitrogen and oxygen atoms in total. The van der Waals surface area contributed by atoms with Crippen molar-refractivity contribution in [3.8, 4) is 11.5 Å². The molecule has 31 heavy (non-hydrogen) atoms. The number of halogens is 1. The number of esters is 1. The number of hydrogen-bond donors (Lipinski definition) is 0. The van der Waals surface area contributed by atoms with Crippen LogP contribution in [0.25, 0.3) is 0 Å². The van der Waals surface area contributed by atoms with Crippen LogP contribution in [0.5, 0.6) is 11.5 Å². The molecule has 2 aromatic rings. The van der Waals surface area contributed by atoms with Gasteiger partial charge in [-0.15, -0.1) is 0 Å². The Morgan fingerprint density at radius 1 is 1.00 bits per heavy atom. The molecule has 2 aromatic carbocycles. The van der Waals surface area contributed by atoms with E-state index in [1.165, 1.54) is 0 Å². The first-order valence-corrected chi connectivity index (χ1v) is 14.3. The van der Waals surface area contributed by atoms with E-state index in [4.69, 9.17) is 13.9 Å². The molecular weight excluding hydrogens is 472 g/mol. The summed E-state index contributed by atoms with van der Waals surface area (Å²) in [4.78, 5) is 12.3. The van der Waals surface area contributed by atoms with E-state index in [0.29, 0.717) is 12.4 Å². The van der Waals surface area contributed by atoms with E-state index < -0.39 is 13.9 Å². The lowest BCUT2D eigenvalue weighted by atomic mass is 10.1. The zero-order valence-electron chi connectivity index (χ0n) is 20.0. The van der Waals surface area contributed by atoms with E-state index in [2.05, 4.69) is 49.8 Å². The van der Waals surface area contributed by atoms with Gasteiger partial charge in [0.25, 0.3) is 0 Å². The van der Waals surface area contributed by atoms with Gasteiger partial charge in [0.05, 0.1) is 6.42 Å². The number of rotatable bonds is 7. The van der Waals surface area contributed by atoms with Crippen molar-refractivity contribution >= 4 is 30.2 Å². The molecular formula is C25H35BrO4Si. The van der Waals surface area contributed by atoms with Crippen molar-refractivity contribution in [3.63, 3.8) is 0 Å². The van der Waals surface area contributed by atoms with Crippen LogP contribution in [-0.2, 0) is 22.6 Å². The molecule has 2 rings (SSSR count). The fourth-order valence-corrected chi connectivity index (χ4v) is 4.23. The quantitative estimate of drug-likeness (QED) is 0.292. The Labute approximate surface area is 196 Å². The van der Waals surface area contributed by atoms with Crippen LogP contribution in [0.3, 0.4) is 0 Å². The average Bonchev–Trinajstić information content (AvgIpc) is 2.57. The summed E-state index contributed by atoms with van der Waals surface area (Å²) in [5.41, 5.74) is 1.30. The number of hydrogen-bond acceptors (Lipinski definition) is 4. The predicted molar refractivity (Wildman–Crippen MR) is 132 cm³/mol. The smallest absolute Gasteiger partial charge is 0.310 e. The molecule has 0 aliphatic carbocycles. The van der Waals surface area contributed by atoms with Gasteiger partial charge in [-0.2, -0.15) is 0 Å². The summed E-state index contributed by atoms with van der Waals surface area (Å²) in [6.07, 6.45) is 0.172. The molecule has 0 aliphatic heterocycles. The van der Waals surface area contributed by atoms with Crippen LogP contribution in [0.15, 0.2) is 46.9 Å². The van der Waals surface area contributed by atoms with Crippen LogP contribution in [0.4, 0.5) is 0 Å². The van der Waals surface area contributed by atoms with E-state index in [1.54, 1.807) is 0 Å². The van der Waals surface area contributed by atoms with Crippen LogP contribution < -0.4 is 9.16 Å². The lowest BCUT2D eigenvalue weighted by Crippen LogP contribution is -2.43. The molecule has 0 N–H and O–H groups in total. The maximum absolute atomic E-state index is 12.3. The number of benzene rings is 2. The first-order valence-electron chi connectivity index (χ1n) is 10.6. The lowest BCUT2D eigenvalue weighted by molar-refractivity contribution is -0.153. The molecule has 0 unspecified atom stereocenters. The zero-order chi connectivity index (χ0) is 23.4. The molecule has 0 bridgehead atoms. The van der Waals surface area contributed by atoms with Gasteiger partial charge in [0.2, 0.25) is 8.32 Å². The summed E-state index contributed by atoms with van der Waals surface area (Å²) < 4.78 is 18.9. The van der Waals surface area contributed by atoms with Crippen LogP contribution in [-0.4, -0.2) is 19.9 Å². The molecule has 0 aliphatic rings. The number of ether oxygens (including phenoxy) is 2. The Morgan fingerprint density at radius 3 is 2.26 bits per heavy atom. The monoisotopic (exact) mass is 506 g/mol. The van der Waals surface area contributed by atoms with Gasteiger partial charge in [-0.05, 0) is 68.7 Å². The lowest BCUT2D eigenvalue weighted by Gasteiger charge is -2.36. The second-order valence-corrected chi connectivity index (χ2v) is 16.0. The van der Waals surface area contributed by atoms with Crippen LogP contribution in [0.1, 0.15) is 52.7 Å². The summed E-state index contributed by atoms with van der Waals surface area (Å²) in [7, 11) is -1.94. The molecule has 0 aromatic heterocycles. The highest BCUT2D eigenvalue weighted by Crippen LogP contribution is 2.38. The van der Waals surface area contributed by atoms with E-state index >= 15 is 0 Å². The molecule has 0 atom stereocenters. The minimum absolute atomic E-state index is 0.118. The Balaban J connectivity index is 2.14. The van der Waals surface area contributed by atoms with Crippen LogP contribution in [0.2, 0.25) is 18.1 Å². The van der Waals surface area contributed by atoms with Crippen molar-refractivity contribution in [2.24, 2.45) is 0 Å². The maximum Gasteiger partial charge on any atom is 0.310 e. The Hall–Kier alpha value is -1.79. The molecule has 170 valence electrons. The summed E-state index contributed by atoms with van der Waals surface area (Å²) >= 11 is 3.59. The van der Waals surface area contributed by atoms with Crippen LogP contribution >= 0.6 is 15.9 Å².